The molecule has 1 saturated heterocycles. The molecular formula is C24H27N5O. The second kappa shape index (κ2) is 9.03. The zero-order chi connectivity index (χ0) is 20.9. The molecule has 0 radical (unpaired) electrons. The van der Waals surface area contributed by atoms with E-state index in [1.807, 2.05) is 62.6 Å². The molecule has 1 aromatic carbocycles. The van der Waals surface area contributed by atoms with Gasteiger partial charge in [-0.25, -0.2) is 9.97 Å². The Balaban J connectivity index is 1.62. The molecule has 2 aromatic heterocycles. The number of anilines is 1. The Kier molecular flexibility index (Phi) is 6.02. The molecular weight excluding hydrogens is 374 g/mol. The molecule has 3 aromatic rings. The van der Waals surface area contributed by atoms with Gasteiger partial charge in [0.2, 0.25) is 11.9 Å². The van der Waals surface area contributed by atoms with Gasteiger partial charge in [0, 0.05) is 44.3 Å². The van der Waals surface area contributed by atoms with Crippen LogP contribution in [0.5, 0.6) is 0 Å². The molecule has 6 nitrogen and oxygen atoms in total. The first-order valence-corrected chi connectivity index (χ1v) is 10.4. The van der Waals surface area contributed by atoms with E-state index >= 15 is 0 Å². The normalized spacial score (nSPS) is 14.5. The van der Waals surface area contributed by atoms with Gasteiger partial charge in [0.05, 0.1) is 18.2 Å². The van der Waals surface area contributed by atoms with Crippen LogP contribution in [0.1, 0.15) is 36.9 Å². The predicted molar refractivity (Wildman–Crippen MR) is 118 cm³/mol. The van der Waals surface area contributed by atoms with Crippen LogP contribution >= 0.6 is 0 Å². The summed E-state index contributed by atoms with van der Waals surface area (Å²) in [4.78, 5) is 30.7. The maximum absolute atomic E-state index is 13.1. The highest BCUT2D eigenvalue weighted by Gasteiger charge is 2.22. The molecule has 0 bridgehead atoms. The van der Waals surface area contributed by atoms with Crippen LogP contribution < -0.4 is 4.90 Å². The molecule has 1 atom stereocenters. The highest BCUT2D eigenvalue weighted by atomic mass is 16.2. The van der Waals surface area contributed by atoms with Crippen molar-refractivity contribution in [1.29, 1.82) is 0 Å². The lowest BCUT2D eigenvalue weighted by molar-refractivity contribution is -0.131. The number of nitrogens with zero attached hydrogens (tertiary/aromatic N) is 5. The van der Waals surface area contributed by atoms with Crippen LogP contribution in [0.2, 0.25) is 0 Å². The summed E-state index contributed by atoms with van der Waals surface area (Å²) in [5, 5.41) is 0. The van der Waals surface area contributed by atoms with Crippen LogP contribution in [0.3, 0.4) is 0 Å². The van der Waals surface area contributed by atoms with Crippen LogP contribution in [0.15, 0.2) is 61.1 Å². The van der Waals surface area contributed by atoms with Gasteiger partial charge in [-0.2, -0.15) is 0 Å². The van der Waals surface area contributed by atoms with Crippen LogP contribution in [-0.2, 0) is 11.3 Å². The summed E-state index contributed by atoms with van der Waals surface area (Å²) in [6.07, 6.45) is 7.74. The van der Waals surface area contributed by atoms with E-state index in [0.29, 0.717) is 6.54 Å². The Morgan fingerprint density at radius 3 is 2.50 bits per heavy atom. The van der Waals surface area contributed by atoms with Crippen molar-refractivity contribution in [2.75, 3.05) is 25.0 Å². The van der Waals surface area contributed by atoms with Crippen molar-refractivity contribution in [3.8, 4) is 11.1 Å². The summed E-state index contributed by atoms with van der Waals surface area (Å²) in [5.74, 6) is 0.612. The van der Waals surface area contributed by atoms with Crippen LogP contribution in [0.25, 0.3) is 11.1 Å². The monoisotopic (exact) mass is 401 g/mol. The third-order valence-corrected chi connectivity index (χ3v) is 5.67. The fourth-order valence-electron chi connectivity index (χ4n) is 3.89. The van der Waals surface area contributed by atoms with Gasteiger partial charge in [-0.3, -0.25) is 9.78 Å². The maximum atomic E-state index is 13.1. The largest absolute Gasteiger partial charge is 0.341 e. The van der Waals surface area contributed by atoms with Crippen LogP contribution in [0, 0.1) is 0 Å². The number of amides is 1. The summed E-state index contributed by atoms with van der Waals surface area (Å²) in [7, 11) is 1.84. The molecule has 0 spiro atoms. The second-order valence-corrected chi connectivity index (χ2v) is 7.79. The van der Waals surface area contributed by atoms with Crippen molar-refractivity contribution < 1.29 is 4.79 Å². The van der Waals surface area contributed by atoms with Gasteiger partial charge in [0.15, 0.2) is 0 Å². The second-order valence-electron chi connectivity index (χ2n) is 7.79. The number of hydrogen-bond donors (Lipinski definition) is 0. The molecule has 1 aliphatic rings. The Labute approximate surface area is 177 Å². The molecule has 3 heterocycles. The highest BCUT2D eigenvalue weighted by Crippen LogP contribution is 2.26. The fourth-order valence-corrected chi connectivity index (χ4v) is 3.89. The maximum Gasteiger partial charge on any atom is 0.229 e. The molecule has 0 aliphatic carbocycles. The zero-order valence-corrected chi connectivity index (χ0v) is 17.5. The summed E-state index contributed by atoms with van der Waals surface area (Å²) in [5.41, 5.74) is 3.82. The molecule has 30 heavy (non-hydrogen) atoms. The molecule has 0 N–H and O–H groups in total. The number of pyridine rings is 1. The van der Waals surface area contributed by atoms with Gasteiger partial charge >= 0.3 is 0 Å². The standard InChI is InChI=1S/C24H27N5O/c1-18(19-8-4-3-5-9-19)23(30)28(2)17-22-21(20-10-12-25-13-11-20)16-26-24(27-22)29-14-6-7-15-29/h3-5,8-13,16,18H,6-7,14-15,17H2,1-2H3/t18-/m0/s1. The molecule has 0 saturated carbocycles. The summed E-state index contributed by atoms with van der Waals surface area (Å²) in [6.45, 7) is 4.34. The van der Waals surface area contributed by atoms with E-state index in [2.05, 4.69) is 14.9 Å². The predicted octanol–water partition coefficient (Wildman–Crippen LogP) is 3.90. The number of carbonyl (C=O) groups excluding carboxylic acids is 1. The van der Waals surface area contributed by atoms with Crippen molar-refractivity contribution in [3.63, 3.8) is 0 Å². The van der Waals surface area contributed by atoms with E-state index in [1.165, 1.54) is 0 Å². The summed E-state index contributed by atoms with van der Waals surface area (Å²) >= 11 is 0. The van der Waals surface area contributed by atoms with Crippen molar-refractivity contribution in [3.05, 3.63) is 72.3 Å². The Morgan fingerprint density at radius 2 is 1.80 bits per heavy atom. The third kappa shape index (κ3) is 4.32. The van der Waals surface area contributed by atoms with Gasteiger partial charge in [-0.15, -0.1) is 0 Å². The number of likely N-dealkylation sites (N-methyl/N-ethyl adjacent to an activating group) is 1. The number of rotatable bonds is 6. The minimum atomic E-state index is -0.208. The highest BCUT2D eigenvalue weighted by molar-refractivity contribution is 5.83. The average molecular weight is 402 g/mol. The minimum Gasteiger partial charge on any atom is -0.341 e. The number of benzene rings is 1. The van der Waals surface area contributed by atoms with Crippen molar-refractivity contribution in [2.24, 2.45) is 0 Å². The van der Waals surface area contributed by atoms with E-state index in [-0.39, 0.29) is 11.8 Å². The van der Waals surface area contributed by atoms with Crippen molar-refractivity contribution in [2.45, 2.75) is 32.2 Å². The van der Waals surface area contributed by atoms with E-state index in [1.54, 1.807) is 17.3 Å². The quantitative estimate of drug-likeness (QED) is 0.627. The lowest BCUT2D eigenvalue weighted by Crippen LogP contribution is -2.31. The molecule has 1 fully saturated rings. The molecule has 154 valence electrons. The van der Waals surface area contributed by atoms with Gasteiger partial charge < -0.3 is 9.80 Å². The zero-order valence-electron chi connectivity index (χ0n) is 17.5. The molecule has 6 heteroatoms. The first-order valence-electron chi connectivity index (χ1n) is 10.4. The topological polar surface area (TPSA) is 62.2 Å². The SMILES string of the molecule is C[C@H](C(=O)N(C)Cc1nc(N2CCCC2)ncc1-c1ccncc1)c1ccccc1. The Morgan fingerprint density at radius 1 is 1.10 bits per heavy atom. The van der Waals surface area contributed by atoms with Gasteiger partial charge in [0.25, 0.3) is 0 Å². The number of hydrogen-bond acceptors (Lipinski definition) is 5. The first-order chi connectivity index (χ1) is 14.6. The van der Waals surface area contributed by atoms with Gasteiger partial charge in [0.1, 0.15) is 0 Å². The molecule has 1 aliphatic heterocycles. The Hall–Kier alpha value is -3.28. The van der Waals surface area contributed by atoms with E-state index in [9.17, 15) is 4.79 Å². The fraction of sp³-hybridized carbons (Fsp3) is 0.333. The van der Waals surface area contributed by atoms with E-state index in [4.69, 9.17) is 4.98 Å². The van der Waals surface area contributed by atoms with E-state index in [0.717, 1.165) is 54.3 Å². The lowest BCUT2D eigenvalue weighted by Gasteiger charge is -2.24. The van der Waals surface area contributed by atoms with E-state index < -0.39 is 0 Å². The number of aromatic nitrogens is 3. The smallest absolute Gasteiger partial charge is 0.229 e. The molecule has 4 rings (SSSR count). The van der Waals surface area contributed by atoms with Crippen LogP contribution in [0.4, 0.5) is 5.95 Å². The first kappa shape index (κ1) is 20.0. The Bertz CT molecular complexity index is 987. The minimum absolute atomic E-state index is 0.0724. The molecule has 0 unspecified atom stereocenters. The van der Waals surface area contributed by atoms with Gasteiger partial charge in [-0.1, -0.05) is 30.3 Å². The number of carbonyl (C=O) groups is 1. The summed E-state index contributed by atoms with van der Waals surface area (Å²) in [6, 6.07) is 13.8. The van der Waals surface area contributed by atoms with Crippen molar-refractivity contribution in [1.82, 2.24) is 19.9 Å². The third-order valence-electron chi connectivity index (χ3n) is 5.67. The van der Waals surface area contributed by atoms with Gasteiger partial charge in [-0.05, 0) is 43.0 Å². The van der Waals surface area contributed by atoms with Crippen LogP contribution in [-0.4, -0.2) is 45.9 Å². The average Bonchev–Trinajstić information content (AvgIpc) is 3.34. The summed E-state index contributed by atoms with van der Waals surface area (Å²) < 4.78 is 0. The van der Waals surface area contributed by atoms with Crippen molar-refractivity contribution >= 4 is 11.9 Å². The lowest BCUT2D eigenvalue weighted by atomic mass is 9.99. The molecule has 1 amide bonds.